The van der Waals surface area contributed by atoms with E-state index in [1.54, 1.807) is 0 Å². The van der Waals surface area contributed by atoms with Crippen molar-refractivity contribution < 1.29 is 5.11 Å². The average molecular weight is 332 g/mol. The molecular formula is C20H33N3O. The topological polar surface area (TPSA) is 69.0 Å². The molecule has 0 saturated heterocycles. The molecule has 4 rings (SSSR count). The summed E-state index contributed by atoms with van der Waals surface area (Å²) in [6.07, 6.45) is 12.8. The van der Waals surface area contributed by atoms with Gasteiger partial charge in [-0.15, -0.1) is 0 Å². The third kappa shape index (κ3) is 2.12. The van der Waals surface area contributed by atoms with Gasteiger partial charge in [-0.3, -0.25) is 0 Å². The lowest BCUT2D eigenvalue weighted by Crippen LogP contribution is -2.56. The average Bonchev–Trinajstić information content (AvgIpc) is 2.84. The molecule has 4 aliphatic rings. The molecule has 0 heterocycles. The van der Waals surface area contributed by atoms with Crippen molar-refractivity contribution in [3.05, 3.63) is 10.4 Å². The standard InChI is InChI=1S/C20H33N3O/c1-18-10-4-3-5-14(18)6-7-15-16(18)8-11-19(2)17(15)9-12-20(19,24)13-22-23-21/h14-17,24H,3-13H2,1-2H3/t14-,15-,16+,17-,18+,19+,20-/m1/s1. The summed E-state index contributed by atoms with van der Waals surface area (Å²) in [5.74, 6) is 3.20. The van der Waals surface area contributed by atoms with Crippen molar-refractivity contribution in [2.45, 2.75) is 83.7 Å². The van der Waals surface area contributed by atoms with E-state index in [1.165, 1.54) is 44.9 Å². The normalized spacial score (nSPS) is 53.5. The number of rotatable bonds is 2. The van der Waals surface area contributed by atoms with Crippen LogP contribution in [0.25, 0.3) is 10.4 Å². The first-order valence-electron chi connectivity index (χ1n) is 10.2. The van der Waals surface area contributed by atoms with Crippen molar-refractivity contribution >= 4 is 0 Å². The van der Waals surface area contributed by atoms with Crippen LogP contribution in [0.3, 0.4) is 0 Å². The highest BCUT2D eigenvalue weighted by atomic mass is 16.3. The van der Waals surface area contributed by atoms with Crippen LogP contribution in [0.2, 0.25) is 0 Å². The predicted octanol–water partition coefficient (Wildman–Crippen LogP) is 5.46. The van der Waals surface area contributed by atoms with E-state index in [-0.39, 0.29) is 12.0 Å². The number of nitrogens with zero attached hydrogens (tertiary/aromatic N) is 3. The fourth-order valence-electron chi connectivity index (χ4n) is 7.81. The fourth-order valence-corrected chi connectivity index (χ4v) is 7.81. The Morgan fingerprint density at radius 3 is 2.58 bits per heavy atom. The van der Waals surface area contributed by atoms with Gasteiger partial charge in [-0.2, -0.15) is 0 Å². The Morgan fingerprint density at radius 1 is 1.00 bits per heavy atom. The highest BCUT2D eigenvalue weighted by Gasteiger charge is 2.63. The lowest BCUT2D eigenvalue weighted by molar-refractivity contribution is -0.147. The van der Waals surface area contributed by atoms with Gasteiger partial charge in [0.2, 0.25) is 0 Å². The maximum absolute atomic E-state index is 11.3. The van der Waals surface area contributed by atoms with E-state index in [0.717, 1.165) is 37.0 Å². The molecule has 4 saturated carbocycles. The van der Waals surface area contributed by atoms with Gasteiger partial charge in [0.15, 0.2) is 0 Å². The van der Waals surface area contributed by atoms with Crippen LogP contribution in [0, 0.1) is 34.5 Å². The highest BCUT2D eigenvalue weighted by Crippen LogP contribution is 2.68. The van der Waals surface area contributed by atoms with Crippen LogP contribution in [-0.2, 0) is 0 Å². The summed E-state index contributed by atoms with van der Waals surface area (Å²) in [5, 5.41) is 15.1. The molecule has 1 N–H and O–H groups in total. The van der Waals surface area contributed by atoms with Crippen LogP contribution in [-0.4, -0.2) is 17.3 Å². The molecule has 0 bridgehead atoms. The fraction of sp³-hybridized carbons (Fsp3) is 1.00. The van der Waals surface area contributed by atoms with E-state index >= 15 is 0 Å². The van der Waals surface area contributed by atoms with Gasteiger partial charge in [-0.25, -0.2) is 0 Å². The Kier molecular flexibility index (Phi) is 3.93. The second-order valence-corrected chi connectivity index (χ2v) is 9.82. The first-order chi connectivity index (χ1) is 11.4. The van der Waals surface area contributed by atoms with Gasteiger partial charge in [-0.05, 0) is 91.4 Å². The quantitative estimate of drug-likeness (QED) is 0.407. The molecule has 0 aromatic rings. The SMILES string of the molecule is C[C@]12CCCC[C@@H]1CC[C@H]1[C@H]3CC[C@@](O)(CN=[N+]=[N-])[C@@]3(C)CC[C@@H]12. The number of aliphatic hydroxyl groups is 1. The molecule has 24 heavy (non-hydrogen) atoms. The molecule has 0 amide bonds. The molecule has 4 aliphatic carbocycles. The van der Waals surface area contributed by atoms with Crippen LogP contribution in [0.5, 0.6) is 0 Å². The van der Waals surface area contributed by atoms with Crippen molar-refractivity contribution in [3.8, 4) is 0 Å². The summed E-state index contributed by atoms with van der Waals surface area (Å²) in [6, 6.07) is 0. The van der Waals surface area contributed by atoms with E-state index in [0.29, 0.717) is 11.3 Å². The Bertz CT molecular complexity index is 559. The van der Waals surface area contributed by atoms with Gasteiger partial charge in [0.05, 0.1) is 12.1 Å². The Morgan fingerprint density at radius 2 is 1.79 bits per heavy atom. The molecule has 4 fully saturated rings. The maximum Gasteiger partial charge on any atom is 0.0760 e. The van der Waals surface area contributed by atoms with E-state index in [4.69, 9.17) is 5.53 Å². The zero-order valence-electron chi connectivity index (χ0n) is 15.4. The van der Waals surface area contributed by atoms with Crippen LogP contribution in [0.1, 0.15) is 78.1 Å². The summed E-state index contributed by atoms with van der Waals surface area (Å²) in [7, 11) is 0. The Hall–Kier alpha value is -0.730. The molecule has 0 aromatic heterocycles. The van der Waals surface area contributed by atoms with Gasteiger partial charge < -0.3 is 5.11 Å². The first kappa shape index (κ1) is 16.7. The van der Waals surface area contributed by atoms with Crippen LogP contribution >= 0.6 is 0 Å². The molecule has 0 radical (unpaired) electrons. The minimum atomic E-state index is -0.779. The van der Waals surface area contributed by atoms with Crippen LogP contribution in [0.15, 0.2) is 5.11 Å². The maximum atomic E-state index is 11.3. The van der Waals surface area contributed by atoms with Gasteiger partial charge in [-0.1, -0.05) is 31.8 Å². The summed E-state index contributed by atoms with van der Waals surface area (Å²) in [6.45, 7) is 5.15. The zero-order chi connectivity index (χ0) is 17.0. The van der Waals surface area contributed by atoms with E-state index in [9.17, 15) is 5.11 Å². The van der Waals surface area contributed by atoms with Crippen molar-refractivity contribution in [1.82, 2.24) is 0 Å². The lowest BCUT2D eigenvalue weighted by Gasteiger charge is -2.61. The number of azide groups is 1. The minimum Gasteiger partial charge on any atom is -0.389 e. The predicted molar refractivity (Wildman–Crippen MR) is 95.3 cm³/mol. The summed E-state index contributed by atoms with van der Waals surface area (Å²) < 4.78 is 0. The Labute approximate surface area is 146 Å². The van der Waals surface area contributed by atoms with E-state index < -0.39 is 5.60 Å². The molecule has 4 heteroatoms. The molecule has 4 nitrogen and oxygen atoms in total. The molecule has 134 valence electrons. The minimum absolute atomic E-state index is 0.0553. The first-order valence-corrected chi connectivity index (χ1v) is 10.2. The third-order valence-corrected chi connectivity index (χ3v) is 9.30. The molecule has 0 spiro atoms. The largest absolute Gasteiger partial charge is 0.389 e. The molecule has 0 aromatic carbocycles. The Balaban J connectivity index is 1.62. The summed E-state index contributed by atoms with van der Waals surface area (Å²) in [4.78, 5) is 2.92. The summed E-state index contributed by atoms with van der Waals surface area (Å²) >= 11 is 0. The number of fused-ring (bicyclic) bond motifs is 5. The van der Waals surface area contributed by atoms with Crippen molar-refractivity contribution in [2.75, 3.05) is 6.54 Å². The molecule has 0 aliphatic heterocycles. The monoisotopic (exact) mass is 331 g/mol. The van der Waals surface area contributed by atoms with E-state index in [1.807, 2.05) is 0 Å². The van der Waals surface area contributed by atoms with Gasteiger partial charge >= 0.3 is 0 Å². The molecular weight excluding hydrogens is 298 g/mol. The van der Waals surface area contributed by atoms with E-state index in [2.05, 4.69) is 23.9 Å². The van der Waals surface area contributed by atoms with Gasteiger partial charge in [0.1, 0.15) is 0 Å². The third-order valence-electron chi connectivity index (χ3n) is 9.30. The zero-order valence-corrected chi connectivity index (χ0v) is 15.4. The lowest BCUT2D eigenvalue weighted by atomic mass is 9.44. The van der Waals surface area contributed by atoms with Crippen molar-refractivity contribution in [3.63, 3.8) is 0 Å². The molecule has 0 unspecified atom stereocenters. The number of hydrogen-bond acceptors (Lipinski definition) is 2. The van der Waals surface area contributed by atoms with Crippen molar-refractivity contribution in [1.29, 1.82) is 0 Å². The molecule has 7 atom stereocenters. The van der Waals surface area contributed by atoms with Gasteiger partial charge in [0, 0.05) is 4.91 Å². The van der Waals surface area contributed by atoms with Crippen LogP contribution in [0.4, 0.5) is 0 Å². The van der Waals surface area contributed by atoms with Crippen LogP contribution < -0.4 is 0 Å². The number of hydrogen-bond donors (Lipinski definition) is 1. The second kappa shape index (κ2) is 5.64. The highest BCUT2D eigenvalue weighted by molar-refractivity contribution is 5.14. The van der Waals surface area contributed by atoms with Crippen molar-refractivity contribution in [2.24, 2.45) is 39.6 Å². The van der Waals surface area contributed by atoms with Gasteiger partial charge in [0.25, 0.3) is 0 Å². The smallest absolute Gasteiger partial charge is 0.0760 e. The second-order valence-electron chi connectivity index (χ2n) is 9.82. The summed E-state index contributed by atoms with van der Waals surface area (Å²) in [5.41, 5.74) is 8.43.